The first-order chi connectivity index (χ1) is 8.84. The van der Waals surface area contributed by atoms with E-state index < -0.39 is 0 Å². The van der Waals surface area contributed by atoms with Crippen molar-refractivity contribution in [1.29, 1.82) is 0 Å². The molecule has 1 atom stereocenters. The number of hydrogen-bond acceptors (Lipinski definition) is 1. The highest BCUT2D eigenvalue weighted by molar-refractivity contribution is 5.35. The second-order valence-electron chi connectivity index (χ2n) is 5.81. The molecule has 18 heavy (non-hydrogen) atoms. The molecule has 1 aromatic rings. The predicted molar refractivity (Wildman–Crippen MR) is 72.0 cm³/mol. The van der Waals surface area contributed by atoms with E-state index in [1.54, 1.807) is 6.07 Å². The van der Waals surface area contributed by atoms with Crippen molar-refractivity contribution in [3.8, 4) is 0 Å². The molecule has 98 valence electrons. The molecule has 1 saturated carbocycles. The molecule has 1 fully saturated rings. The van der Waals surface area contributed by atoms with Crippen molar-refractivity contribution in [3.63, 3.8) is 0 Å². The lowest BCUT2D eigenvalue weighted by Crippen LogP contribution is -2.27. The van der Waals surface area contributed by atoms with E-state index in [0.717, 1.165) is 30.9 Å². The van der Waals surface area contributed by atoms with Gasteiger partial charge in [-0.25, -0.2) is 4.39 Å². The van der Waals surface area contributed by atoms with Gasteiger partial charge in [-0.1, -0.05) is 31.4 Å². The van der Waals surface area contributed by atoms with E-state index in [1.807, 2.05) is 6.07 Å². The highest BCUT2D eigenvalue weighted by atomic mass is 19.1. The van der Waals surface area contributed by atoms with E-state index in [4.69, 9.17) is 0 Å². The third-order valence-corrected chi connectivity index (χ3v) is 4.59. The molecule has 1 unspecified atom stereocenters. The van der Waals surface area contributed by atoms with Crippen LogP contribution in [0.2, 0.25) is 0 Å². The van der Waals surface area contributed by atoms with Gasteiger partial charge in [0, 0.05) is 6.04 Å². The maximum Gasteiger partial charge on any atom is 0.126 e. The van der Waals surface area contributed by atoms with Crippen LogP contribution >= 0.6 is 0 Å². The Morgan fingerprint density at radius 3 is 2.78 bits per heavy atom. The molecular weight excluding hydrogens is 225 g/mol. The van der Waals surface area contributed by atoms with Crippen molar-refractivity contribution in [3.05, 3.63) is 35.1 Å². The van der Waals surface area contributed by atoms with Crippen LogP contribution in [0.3, 0.4) is 0 Å². The van der Waals surface area contributed by atoms with E-state index in [9.17, 15) is 4.39 Å². The van der Waals surface area contributed by atoms with Gasteiger partial charge in [0.1, 0.15) is 5.82 Å². The summed E-state index contributed by atoms with van der Waals surface area (Å²) < 4.78 is 13.6. The Labute approximate surface area is 109 Å². The molecule has 0 heterocycles. The largest absolute Gasteiger partial charge is 0.310 e. The van der Waals surface area contributed by atoms with E-state index in [2.05, 4.69) is 11.4 Å². The van der Waals surface area contributed by atoms with Crippen molar-refractivity contribution in [2.75, 3.05) is 6.54 Å². The number of nitrogens with one attached hydrogen (secondary N) is 1. The topological polar surface area (TPSA) is 12.0 Å². The van der Waals surface area contributed by atoms with Crippen LogP contribution in [-0.2, 0) is 6.42 Å². The Bertz CT molecular complexity index is 410. The summed E-state index contributed by atoms with van der Waals surface area (Å²) in [4.78, 5) is 0. The van der Waals surface area contributed by atoms with Gasteiger partial charge in [-0.3, -0.25) is 0 Å². The minimum absolute atomic E-state index is 0.0190. The Morgan fingerprint density at radius 2 is 1.94 bits per heavy atom. The highest BCUT2D eigenvalue weighted by Crippen LogP contribution is 2.33. The number of hydrogen-bond donors (Lipinski definition) is 1. The molecule has 0 aliphatic heterocycles. The first-order valence-corrected chi connectivity index (χ1v) is 7.35. The van der Waals surface area contributed by atoms with Gasteiger partial charge in [0.15, 0.2) is 0 Å². The van der Waals surface area contributed by atoms with Gasteiger partial charge in [0.05, 0.1) is 0 Å². The zero-order valence-corrected chi connectivity index (χ0v) is 10.9. The van der Waals surface area contributed by atoms with Crippen LogP contribution in [0.15, 0.2) is 18.2 Å². The maximum absolute atomic E-state index is 13.6. The first-order valence-electron chi connectivity index (χ1n) is 7.35. The van der Waals surface area contributed by atoms with E-state index in [-0.39, 0.29) is 5.82 Å². The normalized spacial score (nSPS) is 24.2. The van der Waals surface area contributed by atoms with Crippen LogP contribution in [0.4, 0.5) is 4.39 Å². The minimum atomic E-state index is -0.0190. The summed E-state index contributed by atoms with van der Waals surface area (Å²) >= 11 is 0. The molecule has 3 rings (SSSR count). The van der Waals surface area contributed by atoms with Gasteiger partial charge in [-0.2, -0.15) is 0 Å². The fourth-order valence-corrected chi connectivity index (χ4v) is 3.52. The maximum atomic E-state index is 13.6. The average Bonchev–Trinajstić information content (AvgIpc) is 2.82. The molecule has 2 aliphatic carbocycles. The third kappa shape index (κ3) is 2.44. The van der Waals surface area contributed by atoms with Crippen LogP contribution in [0.25, 0.3) is 0 Å². The average molecular weight is 247 g/mol. The molecule has 1 aromatic carbocycles. The Balaban J connectivity index is 1.60. The molecule has 0 aromatic heterocycles. The summed E-state index contributed by atoms with van der Waals surface area (Å²) in [6, 6.07) is 5.90. The molecule has 0 radical (unpaired) electrons. The second-order valence-corrected chi connectivity index (χ2v) is 5.81. The Hall–Kier alpha value is -0.890. The Morgan fingerprint density at radius 1 is 1.11 bits per heavy atom. The zero-order chi connectivity index (χ0) is 12.4. The van der Waals surface area contributed by atoms with Gasteiger partial charge in [0.2, 0.25) is 0 Å². The van der Waals surface area contributed by atoms with Crippen molar-refractivity contribution in [2.24, 2.45) is 5.92 Å². The highest BCUT2D eigenvalue weighted by Gasteiger charge is 2.25. The first kappa shape index (κ1) is 12.2. The van der Waals surface area contributed by atoms with E-state index >= 15 is 0 Å². The predicted octanol–water partition coefficient (Wildman–Crippen LogP) is 3.98. The second kappa shape index (κ2) is 5.40. The van der Waals surface area contributed by atoms with Crippen molar-refractivity contribution < 1.29 is 4.39 Å². The summed E-state index contributed by atoms with van der Waals surface area (Å²) in [6.45, 7) is 1.11. The Kier molecular flexibility index (Phi) is 3.64. The summed E-state index contributed by atoms with van der Waals surface area (Å²) in [5.41, 5.74) is 2.14. The number of benzene rings is 1. The molecule has 0 amide bonds. The van der Waals surface area contributed by atoms with Crippen LogP contribution in [-0.4, -0.2) is 6.54 Å². The summed E-state index contributed by atoms with van der Waals surface area (Å²) in [5, 5.41) is 3.67. The molecule has 0 spiro atoms. The molecule has 0 bridgehead atoms. The standard InChI is InChI=1S/C16H22FN/c17-15-8-4-7-14-13(15)9-10-16(14)18-11-12-5-2-1-3-6-12/h4,7-8,12,16,18H,1-3,5-6,9-11H2. The van der Waals surface area contributed by atoms with Gasteiger partial charge >= 0.3 is 0 Å². The lowest BCUT2D eigenvalue weighted by molar-refractivity contribution is 0.327. The molecule has 2 heteroatoms. The van der Waals surface area contributed by atoms with Crippen molar-refractivity contribution >= 4 is 0 Å². The minimum Gasteiger partial charge on any atom is -0.310 e. The fraction of sp³-hybridized carbons (Fsp3) is 0.625. The lowest BCUT2D eigenvalue weighted by Gasteiger charge is -2.24. The van der Waals surface area contributed by atoms with Crippen molar-refractivity contribution in [1.82, 2.24) is 5.32 Å². The number of halogens is 1. The lowest BCUT2D eigenvalue weighted by atomic mass is 9.89. The van der Waals surface area contributed by atoms with Gasteiger partial charge < -0.3 is 5.32 Å². The molecule has 2 aliphatic rings. The monoisotopic (exact) mass is 247 g/mol. The van der Waals surface area contributed by atoms with Crippen molar-refractivity contribution in [2.45, 2.75) is 51.0 Å². The molecule has 0 saturated heterocycles. The van der Waals surface area contributed by atoms with Crippen LogP contribution in [0.1, 0.15) is 55.7 Å². The van der Waals surface area contributed by atoms with Crippen LogP contribution in [0, 0.1) is 11.7 Å². The fourth-order valence-electron chi connectivity index (χ4n) is 3.52. The summed E-state index contributed by atoms with van der Waals surface area (Å²) in [7, 11) is 0. The molecule has 1 N–H and O–H groups in total. The molecule has 1 nitrogen and oxygen atoms in total. The van der Waals surface area contributed by atoms with Crippen LogP contribution in [0.5, 0.6) is 0 Å². The number of rotatable bonds is 3. The zero-order valence-electron chi connectivity index (χ0n) is 10.9. The van der Waals surface area contributed by atoms with Gasteiger partial charge in [-0.15, -0.1) is 0 Å². The van der Waals surface area contributed by atoms with Gasteiger partial charge in [-0.05, 0) is 55.3 Å². The SMILES string of the molecule is Fc1cccc2c1CCC2NCC1CCCCC1. The van der Waals surface area contributed by atoms with E-state index in [0.29, 0.717) is 6.04 Å². The van der Waals surface area contributed by atoms with Gasteiger partial charge in [0.25, 0.3) is 0 Å². The quantitative estimate of drug-likeness (QED) is 0.851. The summed E-state index contributed by atoms with van der Waals surface area (Å²) in [5.74, 6) is 0.825. The van der Waals surface area contributed by atoms with E-state index in [1.165, 1.54) is 37.7 Å². The van der Waals surface area contributed by atoms with Crippen LogP contribution < -0.4 is 5.32 Å². The number of fused-ring (bicyclic) bond motifs is 1. The summed E-state index contributed by atoms with van der Waals surface area (Å²) in [6.07, 6.45) is 8.89. The molecular formula is C16H22FN. The third-order valence-electron chi connectivity index (χ3n) is 4.59. The smallest absolute Gasteiger partial charge is 0.126 e.